The number of rotatable bonds is 5. The molecule has 1 saturated heterocycles. The minimum Gasteiger partial charge on any atom is -0.484 e. The molecule has 162 valence electrons. The lowest BCUT2D eigenvalue weighted by molar-refractivity contribution is -0.139. The zero-order valence-electron chi connectivity index (χ0n) is 17.7. The Kier molecular flexibility index (Phi) is 6.58. The monoisotopic (exact) mass is 484 g/mol. The first-order chi connectivity index (χ1) is 14.9. The van der Waals surface area contributed by atoms with Crippen LogP contribution in [0.25, 0.3) is 10.8 Å². The van der Waals surface area contributed by atoms with Crippen molar-refractivity contribution in [3.05, 3.63) is 76.5 Å². The maximum Gasteiger partial charge on any atom is 0.260 e. The summed E-state index contributed by atoms with van der Waals surface area (Å²) in [6.07, 6.45) is 0. The number of amides is 1. The van der Waals surface area contributed by atoms with E-state index in [1.54, 1.807) is 0 Å². The van der Waals surface area contributed by atoms with Crippen LogP contribution in [-0.4, -0.2) is 47.5 Å². The second-order valence-corrected chi connectivity index (χ2v) is 9.16. The lowest BCUT2D eigenvalue weighted by Crippen LogP contribution is -2.58. The third-order valence-corrected chi connectivity index (χ3v) is 6.36. The van der Waals surface area contributed by atoms with Crippen LogP contribution in [0.2, 0.25) is 0 Å². The Bertz CT molecular complexity index is 1070. The summed E-state index contributed by atoms with van der Waals surface area (Å²) in [5.41, 5.74) is 1.08. The van der Waals surface area contributed by atoms with E-state index in [0.29, 0.717) is 12.3 Å². The van der Waals surface area contributed by atoms with Crippen LogP contribution >= 0.6 is 15.9 Å². The molecule has 0 N–H and O–H groups in total. The van der Waals surface area contributed by atoms with Gasteiger partial charge < -0.3 is 9.64 Å². The summed E-state index contributed by atoms with van der Waals surface area (Å²) in [5.74, 6) is 0.468. The molecule has 0 bridgehead atoms. The van der Waals surface area contributed by atoms with E-state index < -0.39 is 0 Å². The Balaban J connectivity index is 1.34. The predicted octanol–water partition coefficient (Wildman–Crippen LogP) is 5.24. The van der Waals surface area contributed by atoms with Gasteiger partial charge >= 0.3 is 0 Å². The number of fused-ring (bicyclic) bond motifs is 1. The smallest absolute Gasteiger partial charge is 0.260 e. The van der Waals surface area contributed by atoms with E-state index in [0.717, 1.165) is 33.9 Å². The van der Waals surface area contributed by atoms with Gasteiger partial charge in [0.15, 0.2) is 6.61 Å². The Morgan fingerprint density at radius 3 is 2.48 bits per heavy atom. The number of ether oxygens (including phenoxy) is 1. The summed E-state index contributed by atoms with van der Waals surface area (Å²) in [7, 11) is 0. The van der Waals surface area contributed by atoms with Crippen LogP contribution in [0.4, 0.5) is 4.39 Å². The third-order valence-electron chi connectivity index (χ3n) is 5.87. The van der Waals surface area contributed by atoms with Crippen molar-refractivity contribution in [3.63, 3.8) is 0 Å². The van der Waals surface area contributed by atoms with E-state index in [2.05, 4.69) is 40.7 Å². The van der Waals surface area contributed by atoms with Gasteiger partial charge in [0.1, 0.15) is 11.6 Å². The van der Waals surface area contributed by atoms with Crippen LogP contribution in [0.1, 0.15) is 19.4 Å². The predicted molar refractivity (Wildman–Crippen MR) is 125 cm³/mol. The lowest BCUT2D eigenvalue weighted by Gasteiger charge is -2.44. The number of piperazine rings is 1. The van der Waals surface area contributed by atoms with Gasteiger partial charge in [-0.1, -0.05) is 40.2 Å². The maximum absolute atomic E-state index is 13.2. The fourth-order valence-corrected chi connectivity index (χ4v) is 4.48. The molecule has 2 atom stereocenters. The molecular weight excluding hydrogens is 459 g/mol. The van der Waals surface area contributed by atoms with Crippen LogP contribution in [0.3, 0.4) is 0 Å². The molecule has 1 aliphatic rings. The Morgan fingerprint density at radius 2 is 1.71 bits per heavy atom. The average Bonchev–Trinajstić information content (AvgIpc) is 2.75. The molecule has 3 aromatic carbocycles. The van der Waals surface area contributed by atoms with Gasteiger partial charge in [0.05, 0.1) is 0 Å². The number of hydrogen-bond acceptors (Lipinski definition) is 3. The number of carbonyl (C=O) groups excluding carboxylic acids is 1. The molecular formula is C25H26BrFN2O2. The van der Waals surface area contributed by atoms with Crippen molar-refractivity contribution in [3.8, 4) is 5.75 Å². The fraction of sp³-hybridized carbons (Fsp3) is 0.320. The van der Waals surface area contributed by atoms with E-state index in [9.17, 15) is 9.18 Å². The molecule has 1 fully saturated rings. The van der Waals surface area contributed by atoms with Gasteiger partial charge in [0, 0.05) is 36.2 Å². The van der Waals surface area contributed by atoms with Crippen molar-refractivity contribution < 1.29 is 13.9 Å². The highest BCUT2D eigenvalue weighted by Crippen LogP contribution is 2.24. The molecule has 1 heterocycles. The Morgan fingerprint density at radius 1 is 1.00 bits per heavy atom. The molecule has 31 heavy (non-hydrogen) atoms. The first-order valence-electron chi connectivity index (χ1n) is 10.5. The van der Waals surface area contributed by atoms with Crippen LogP contribution in [0, 0.1) is 5.82 Å². The topological polar surface area (TPSA) is 32.8 Å². The zero-order valence-corrected chi connectivity index (χ0v) is 19.3. The molecule has 4 rings (SSSR count). The molecule has 0 saturated carbocycles. The number of nitrogens with zero attached hydrogens (tertiary/aromatic N) is 2. The highest BCUT2D eigenvalue weighted by atomic mass is 79.9. The first-order valence-corrected chi connectivity index (χ1v) is 11.3. The summed E-state index contributed by atoms with van der Waals surface area (Å²) >= 11 is 3.48. The summed E-state index contributed by atoms with van der Waals surface area (Å²) in [6.45, 7) is 6.38. The summed E-state index contributed by atoms with van der Waals surface area (Å²) in [5, 5.41) is 2.19. The second-order valence-electron chi connectivity index (χ2n) is 8.24. The van der Waals surface area contributed by atoms with Gasteiger partial charge in [-0.25, -0.2) is 4.39 Å². The van der Waals surface area contributed by atoms with E-state index in [4.69, 9.17) is 4.74 Å². The quantitative estimate of drug-likeness (QED) is 0.496. The second kappa shape index (κ2) is 9.37. The molecule has 0 unspecified atom stereocenters. The summed E-state index contributed by atoms with van der Waals surface area (Å²) in [6, 6.07) is 18.8. The molecule has 0 radical (unpaired) electrons. The SMILES string of the molecule is C[C@@H]1CN(C(=O)COc2ccc3cc(Br)ccc3c2)[C@@H](C)CN1Cc1ccc(F)cc1. The van der Waals surface area contributed by atoms with Crippen molar-refractivity contribution in [2.75, 3.05) is 19.7 Å². The molecule has 0 aromatic heterocycles. The van der Waals surface area contributed by atoms with Crippen molar-refractivity contribution >= 4 is 32.6 Å². The van der Waals surface area contributed by atoms with Crippen molar-refractivity contribution in [2.45, 2.75) is 32.5 Å². The molecule has 0 spiro atoms. The van der Waals surface area contributed by atoms with Gasteiger partial charge in [-0.15, -0.1) is 0 Å². The fourth-order valence-electron chi connectivity index (χ4n) is 4.10. The molecule has 1 amide bonds. The minimum atomic E-state index is -0.222. The first kappa shape index (κ1) is 21.8. The van der Waals surface area contributed by atoms with Gasteiger partial charge in [-0.2, -0.15) is 0 Å². The molecule has 1 aliphatic heterocycles. The van der Waals surface area contributed by atoms with Gasteiger partial charge in [0.2, 0.25) is 0 Å². The third kappa shape index (κ3) is 5.25. The van der Waals surface area contributed by atoms with E-state index in [1.807, 2.05) is 47.4 Å². The Hall–Kier alpha value is -2.44. The number of halogens is 2. The molecule has 6 heteroatoms. The molecule has 4 nitrogen and oxygen atoms in total. The highest BCUT2D eigenvalue weighted by molar-refractivity contribution is 9.10. The van der Waals surface area contributed by atoms with Gasteiger partial charge in [0.25, 0.3) is 5.91 Å². The van der Waals surface area contributed by atoms with Crippen molar-refractivity contribution in [1.82, 2.24) is 9.80 Å². The molecule has 3 aromatic rings. The lowest BCUT2D eigenvalue weighted by atomic mass is 10.1. The summed E-state index contributed by atoms with van der Waals surface area (Å²) in [4.78, 5) is 17.1. The van der Waals surface area contributed by atoms with E-state index in [1.165, 1.54) is 12.1 Å². The average molecular weight is 485 g/mol. The maximum atomic E-state index is 13.2. The largest absolute Gasteiger partial charge is 0.484 e. The van der Waals surface area contributed by atoms with Crippen LogP contribution in [0.15, 0.2) is 65.1 Å². The molecule has 0 aliphatic carbocycles. The summed E-state index contributed by atoms with van der Waals surface area (Å²) < 4.78 is 20.0. The normalized spacial score (nSPS) is 19.5. The highest BCUT2D eigenvalue weighted by Gasteiger charge is 2.32. The van der Waals surface area contributed by atoms with Crippen LogP contribution < -0.4 is 4.74 Å². The number of carbonyl (C=O) groups is 1. The van der Waals surface area contributed by atoms with Crippen molar-refractivity contribution in [1.29, 1.82) is 0 Å². The standard InChI is InChI=1S/C25H26BrFN2O2/c1-17-14-29(18(2)13-28(17)15-19-3-8-23(27)9-4-19)25(30)16-31-24-10-6-20-11-22(26)7-5-21(20)12-24/h3-12,17-18H,13-16H2,1-2H3/t17-,18+/m1/s1. The van der Waals surface area contributed by atoms with Gasteiger partial charge in [-0.05, 0) is 66.6 Å². The Labute approximate surface area is 190 Å². The van der Waals surface area contributed by atoms with Crippen molar-refractivity contribution in [2.24, 2.45) is 0 Å². The van der Waals surface area contributed by atoms with Gasteiger partial charge in [-0.3, -0.25) is 9.69 Å². The van der Waals surface area contributed by atoms with E-state index in [-0.39, 0.29) is 30.4 Å². The number of benzene rings is 3. The zero-order chi connectivity index (χ0) is 22.0. The van der Waals surface area contributed by atoms with Crippen LogP contribution in [0.5, 0.6) is 5.75 Å². The van der Waals surface area contributed by atoms with E-state index >= 15 is 0 Å². The van der Waals surface area contributed by atoms with Crippen LogP contribution in [-0.2, 0) is 11.3 Å². The number of hydrogen-bond donors (Lipinski definition) is 0. The minimum absolute atomic E-state index is 0.00307.